The van der Waals surface area contributed by atoms with Gasteiger partial charge < -0.3 is 4.74 Å². The Bertz CT molecular complexity index is 259. The van der Waals surface area contributed by atoms with Crippen LogP contribution in [0.4, 0.5) is 4.79 Å². The van der Waals surface area contributed by atoms with Crippen molar-refractivity contribution >= 4 is 48.9 Å². The molecule has 0 spiro atoms. The van der Waals surface area contributed by atoms with E-state index in [0.717, 1.165) is 3.39 Å². The van der Waals surface area contributed by atoms with Crippen LogP contribution in [0.3, 0.4) is 0 Å². The summed E-state index contributed by atoms with van der Waals surface area (Å²) in [7, 11) is 0. The van der Waals surface area contributed by atoms with Gasteiger partial charge >= 0.3 is 5.43 Å². The number of halogens is 3. The molecule has 1 aliphatic carbocycles. The maximum absolute atomic E-state index is 10.5. The molecule has 1 fully saturated rings. The molecule has 13 heavy (non-hydrogen) atoms. The largest absolute Gasteiger partial charge is 0.449 e. The highest BCUT2D eigenvalue weighted by molar-refractivity contribution is 9.28. The summed E-state index contributed by atoms with van der Waals surface area (Å²) < 4.78 is 5.80. The Balaban J connectivity index is 2.61. The minimum atomic E-state index is -0.736. The van der Waals surface area contributed by atoms with E-state index in [1.807, 2.05) is 19.9 Å². The Morgan fingerprint density at radius 3 is 2.46 bits per heavy atom. The molecule has 2 nitrogen and oxygen atoms in total. The molecule has 2 unspecified atom stereocenters. The van der Waals surface area contributed by atoms with Gasteiger partial charge in [-0.3, -0.25) is 0 Å². The molecule has 2 atom stereocenters. The van der Waals surface area contributed by atoms with Gasteiger partial charge in [0, 0.05) is 22.9 Å². The second-order valence-electron chi connectivity index (χ2n) is 3.58. The molecular formula is C8H9Br2ClO2. The summed E-state index contributed by atoms with van der Waals surface area (Å²) in [4.78, 5) is 10.5. The molecule has 5 heteroatoms. The molecule has 0 aliphatic heterocycles. The molecular weight excluding hydrogens is 323 g/mol. The molecule has 0 bridgehead atoms. The maximum atomic E-state index is 10.5. The van der Waals surface area contributed by atoms with Crippen molar-refractivity contribution in [2.24, 2.45) is 11.3 Å². The monoisotopic (exact) mass is 330 g/mol. The highest BCUT2D eigenvalue weighted by Crippen LogP contribution is 2.56. The number of rotatable bonds is 2. The Morgan fingerprint density at radius 2 is 2.08 bits per heavy atom. The van der Waals surface area contributed by atoms with Crippen molar-refractivity contribution in [3.05, 3.63) is 9.47 Å². The first-order valence-corrected chi connectivity index (χ1v) is 5.71. The van der Waals surface area contributed by atoms with Crippen molar-refractivity contribution < 1.29 is 9.53 Å². The first kappa shape index (κ1) is 11.5. The standard InChI is InChI=1S/C8H9Br2ClO2/c1-8(2)4(3-5(9)10)6(8)13-7(11)12/h3-4,6H,1-2H3. The van der Waals surface area contributed by atoms with Gasteiger partial charge in [0.05, 0.1) is 3.39 Å². The summed E-state index contributed by atoms with van der Waals surface area (Å²) >= 11 is 11.7. The van der Waals surface area contributed by atoms with Crippen LogP contribution in [0.5, 0.6) is 0 Å². The molecule has 0 N–H and O–H groups in total. The van der Waals surface area contributed by atoms with Gasteiger partial charge in [-0.1, -0.05) is 19.9 Å². The Labute approximate surface area is 98.9 Å². The summed E-state index contributed by atoms with van der Waals surface area (Å²) in [6.07, 6.45) is 1.85. The highest BCUT2D eigenvalue weighted by Gasteiger charge is 2.59. The molecule has 0 saturated heterocycles. The molecule has 0 heterocycles. The minimum absolute atomic E-state index is 0.0165. The SMILES string of the molecule is CC1(C)C(C=C(Br)Br)C1OC(=O)Cl. The molecule has 74 valence electrons. The Kier molecular flexibility index (Phi) is 3.47. The molecule has 0 aromatic heterocycles. The van der Waals surface area contributed by atoms with Crippen molar-refractivity contribution in [2.75, 3.05) is 0 Å². The summed E-state index contributed by atoms with van der Waals surface area (Å²) in [5.74, 6) is 0.226. The maximum Gasteiger partial charge on any atom is 0.404 e. The number of hydrogen-bond acceptors (Lipinski definition) is 2. The topological polar surface area (TPSA) is 26.3 Å². The van der Waals surface area contributed by atoms with E-state index in [9.17, 15) is 4.79 Å². The van der Waals surface area contributed by atoms with Gasteiger partial charge in [-0.2, -0.15) is 0 Å². The molecule has 0 aromatic carbocycles. The van der Waals surface area contributed by atoms with Gasteiger partial charge in [-0.05, 0) is 31.9 Å². The lowest BCUT2D eigenvalue weighted by atomic mass is 10.1. The van der Waals surface area contributed by atoms with Crippen LogP contribution in [0.1, 0.15) is 13.8 Å². The molecule has 0 radical (unpaired) electrons. The van der Waals surface area contributed by atoms with Gasteiger partial charge in [0.15, 0.2) is 0 Å². The van der Waals surface area contributed by atoms with E-state index in [1.54, 1.807) is 0 Å². The molecule has 1 rings (SSSR count). The van der Waals surface area contributed by atoms with Gasteiger partial charge in [-0.15, -0.1) is 0 Å². The fourth-order valence-electron chi connectivity index (χ4n) is 1.39. The zero-order valence-corrected chi connectivity index (χ0v) is 11.1. The quantitative estimate of drug-likeness (QED) is 0.714. The van der Waals surface area contributed by atoms with E-state index < -0.39 is 5.43 Å². The van der Waals surface area contributed by atoms with E-state index in [0.29, 0.717) is 0 Å². The smallest absolute Gasteiger partial charge is 0.404 e. The fraction of sp³-hybridized carbons (Fsp3) is 0.625. The van der Waals surface area contributed by atoms with Crippen LogP contribution in [-0.2, 0) is 4.74 Å². The van der Waals surface area contributed by atoms with Gasteiger partial charge in [-0.25, -0.2) is 4.79 Å². The molecule has 0 aromatic rings. The van der Waals surface area contributed by atoms with E-state index >= 15 is 0 Å². The van der Waals surface area contributed by atoms with Crippen molar-refractivity contribution in [1.82, 2.24) is 0 Å². The second-order valence-corrected chi connectivity index (χ2v) is 6.66. The van der Waals surface area contributed by atoms with Crippen LogP contribution in [0.15, 0.2) is 9.47 Å². The van der Waals surface area contributed by atoms with E-state index in [1.165, 1.54) is 0 Å². The average molecular weight is 332 g/mol. The normalized spacial score (nSPS) is 29.3. The van der Waals surface area contributed by atoms with Crippen molar-refractivity contribution in [2.45, 2.75) is 20.0 Å². The lowest BCUT2D eigenvalue weighted by Crippen LogP contribution is -2.03. The molecule has 0 amide bonds. The van der Waals surface area contributed by atoms with Gasteiger partial charge in [0.1, 0.15) is 6.10 Å². The predicted molar refractivity (Wildman–Crippen MR) is 59.3 cm³/mol. The third-order valence-electron chi connectivity index (χ3n) is 2.33. The zero-order valence-electron chi connectivity index (χ0n) is 7.18. The lowest BCUT2D eigenvalue weighted by Gasteiger charge is -1.99. The van der Waals surface area contributed by atoms with Crippen molar-refractivity contribution in [1.29, 1.82) is 0 Å². The van der Waals surface area contributed by atoms with Crippen molar-refractivity contribution in [3.63, 3.8) is 0 Å². The van der Waals surface area contributed by atoms with Crippen LogP contribution in [0.2, 0.25) is 0 Å². The Morgan fingerprint density at radius 1 is 1.54 bits per heavy atom. The number of carbonyl (C=O) groups is 1. The third-order valence-corrected chi connectivity index (χ3v) is 2.95. The third kappa shape index (κ3) is 2.70. The summed E-state index contributed by atoms with van der Waals surface area (Å²) in [6, 6.07) is 0. The predicted octanol–water partition coefficient (Wildman–Crippen LogP) is 4.02. The van der Waals surface area contributed by atoms with E-state index in [-0.39, 0.29) is 17.4 Å². The minimum Gasteiger partial charge on any atom is -0.449 e. The summed E-state index contributed by atoms with van der Waals surface area (Å²) in [5.41, 5.74) is -0.753. The first-order valence-electron chi connectivity index (χ1n) is 3.74. The van der Waals surface area contributed by atoms with E-state index in [4.69, 9.17) is 16.3 Å². The van der Waals surface area contributed by atoms with Crippen LogP contribution >= 0.6 is 43.5 Å². The van der Waals surface area contributed by atoms with Crippen LogP contribution < -0.4 is 0 Å². The number of carbonyl (C=O) groups excluding carboxylic acids is 1. The second kappa shape index (κ2) is 3.91. The van der Waals surface area contributed by atoms with Crippen LogP contribution in [-0.4, -0.2) is 11.5 Å². The van der Waals surface area contributed by atoms with Crippen LogP contribution in [0.25, 0.3) is 0 Å². The molecule has 1 saturated carbocycles. The first-order chi connectivity index (χ1) is 5.85. The average Bonchev–Trinajstić information content (AvgIpc) is 2.36. The zero-order chi connectivity index (χ0) is 10.2. The van der Waals surface area contributed by atoms with Crippen molar-refractivity contribution in [3.8, 4) is 0 Å². The van der Waals surface area contributed by atoms with Crippen LogP contribution in [0, 0.1) is 11.3 Å². The summed E-state index contributed by atoms with van der Waals surface area (Å²) in [5, 5.41) is 0. The summed E-state index contributed by atoms with van der Waals surface area (Å²) in [6.45, 7) is 4.06. The fourth-order valence-corrected chi connectivity index (χ4v) is 2.06. The lowest BCUT2D eigenvalue weighted by molar-refractivity contribution is 0.150. The highest BCUT2D eigenvalue weighted by atomic mass is 79.9. The number of hydrogen-bond donors (Lipinski definition) is 0. The number of ether oxygens (including phenoxy) is 1. The van der Waals surface area contributed by atoms with Gasteiger partial charge in [0.2, 0.25) is 0 Å². The Hall–Kier alpha value is 0.460. The molecule has 1 aliphatic rings. The van der Waals surface area contributed by atoms with Gasteiger partial charge in [0.25, 0.3) is 0 Å². The van der Waals surface area contributed by atoms with E-state index in [2.05, 4.69) is 31.9 Å².